The Kier molecular flexibility index (Phi) is 5.70. The molecule has 0 saturated heterocycles. The number of rotatable bonds is 5. The molecular formula is C24H27N3. The number of hydrogen-bond acceptors (Lipinski definition) is 3. The first-order valence-electron chi connectivity index (χ1n) is 9.36. The second-order valence-electron chi connectivity index (χ2n) is 7.06. The number of anilines is 1. The van der Waals surface area contributed by atoms with Crippen molar-refractivity contribution >= 4 is 17.1 Å². The first-order chi connectivity index (χ1) is 13.0. The number of hydrogen-bond donors (Lipinski definition) is 1. The molecule has 3 aromatic rings. The van der Waals surface area contributed by atoms with Crippen molar-refractivity contribution in [1.82, 2.24) is 4.98 Å². The van der Waals surface area contributed by atoms with Gasteiger partial charge >= 0.3 is 0 Å². The van der Waals surface area contributed by atoms with Crippen LogP contribution < -0.4 is 5.32 Å². The van der Waals surface area contributed by atoms with Crippen molar-refractivity contribution in [2.24, 2.45) is 4.99 Å². The first kappa shape index (κ1) is 18.8. The molecule has 1 heterocycles. The number of pyridine rings is 1. The van der Waals surface area contributed by atoms with E-state index in [1.165, 1.54) is 16.8 Å². The van der Waals surface area contributed by atoms with Gasteiger partial charge in [0.05, 0.1) is 28.8 Å². The molecule has 138 valence electrons. The maximum absolute atomic E-state index is 4.86. The summed E-state index contributed by atoms with van der Waals surface area (Å²) in [5, 5.41) is 3.62. The summed E-state index contributed by atoms with van der Waals surface area (Å²) in [7, 11) is 0. The Balaban J connectivity index is 1.86. The summed E-state index contributed by atoms with van der Waals surface area (Å²) in [6, 6.07) is 20.7. The van der Waals surface area contributed by atoms with E-state index in [1.54, 1.807) is 0 Å². The van der Waals surface area contributed by atoms with Crippen molar-refractivity contribution < 1.29 is 0 Å². The molecular weight excluding hydrogens is 330 g/mol. The zero-order chi connectivity index (χ0) is 19.4. The summed E-state index contributed by atoms with van der Waals surface area (Å²) in [5.74, 6) is 0. The van der Waals surface area contributed by atoms with E-state index in [9.17, 15) is 0 Å². The van der Waals surface area contributed by atoms with Crippen molar-refractivity contribution in [3.8, 4) is 0 Å². The molecule has 0 aliphatic heterocycles. The molecule has 1 unspecified atom stereocenters. The van der Waals surface area contributed by atoms with Gasteiger partial charge < -0.3 is 5.32 Å². The highest BCUT2D eigenvalue weighted by molar-refractivity contribution is 5.98. The Labute approximate surface area is 162 Å². The topological polar surface area (TPSA) is 37.3 Å². The maximum Gasteiger partial charge on any atom is 0.0846 e. The number of aromatic nitrogens is 1. The summed E-state index contributed by atoms with van der Waals surface area (Å²) in [5.41, 5.74) is 8.67. The van der Waals surface area contributed by atoms with E-state index >= 15 is 0 Å². The quantitative estimate of drug-likeness (QED) is 0.542. The van der Waals surface area contributed by atoms with Crippen LogP contribution in [0.3, 0.4) is 0 Å². The van der Waals surface area contributed by atoms with Crippen LogP contribution in [0.2, 0.25) is 0 Å². The predicted molar refractivity (Wildman–Crippen MR) is 115 cm³/mol. The second-order valence-corrected chi connectivity index (χ2v) is 7.06. The van der Waals surface area contributed by atoms with Gasteiger partial charge in [-0.25, -0.2) is 4.98 Å². The van der Waals surface area contributed by atoms with Crippen molar-refractivity contribution in [3.05, 3.63) is 88.7 Å². The molecule has 0 radical (unpaired) electrons. The van der Waals surface area contributed by atoms with Gasteiger partial charge in [0.2, 0.25) is 0 Å². The highest BCUT2D eigenvalue weighted by Gasteiger charge is 2.11. The lowest BCUT2D eigenvalue weighted by atomic mass is 10.1. The average Bonchev–Trinajstić information content (AvgIpc) is 2.66. The van der Waals surface area contributed by atoms with E-state index < -0.39 is 0 Å². The molecule has 0 spiro atoms. The fraction of sp³-hybridized carbons (Fsp3) is 0.250. The van der Waals surface area contributed by atoms with Crippen molar-refractivity contribution in [1.29, 1.82) is 0 Å². The largest absolute Gasteiger partial charge is 0.377 e. The molecule has 3 nitrogen and oxygen atoms in total. The van der Waals surface area contributed by atoms with Gasteiger partial charge in [0, 0.05) is 5.69 Å². The summed E-state index contributed by atoms with van der Waals surface area (Å²) in [4.78, 5) is 9.64. The summed E-state index contributed by atoms with van der Waals surface area (Å²) < 4.78 is 0. The monoisotopic (exact) mass is 357 g/mol. The molecule has 1 aromatic heterocycles. The lowest BCUT2D eigenvalue weighted by Crippen LogP contribution is -2.12. The van der Waals surface area contributed by atoms with Gasteiger partial charge in [-0.2, -0.15) is 0 Å². The Hall–Kier alpha value is -2.94. The minimum absolute atomic E-state index is 0.107. The van der Waals surface area contributed by atoms with Gasteiger partial charge in [-0.05, 0) is 69.5 Å². The van der Waals surface area contributed by atoms with Gasteiger partial charge in [-0.3, -0.25) is 4.99 Å². The zero-order valence-electron chi connectivity index (χ0n) is 16.7. The van der Waals surface area contributed by atoms with E-state index in [4.69, 9.17) is 9.98 Å². The summed E-state index contributed by atoms with van der Waals surface area (Å²) in [6.45, 7) is 10.5. The third-order valence-corrected chi connectivity index (χ3v) is 4.83. The van der Waals surface area contributed by atoms with E-state index in [2.05, 4.69) is 69.4 Å². The smallest absolute Gasteiger partial charge is 0.0846 e. The highest BCUT2D eigenvalue weighted by atomic mass is 14.9. The van der Waals surface area contributed by atoms with Crippen LogP contribution in [-0.4, -0.2) is 10.7 Å². The average molecular weight is 358 g/mol. The van der Waals surface area contributed by atoms with Crippen LogP contribution in [0.5, 0.6) is 0 Å². The molecule has 0 bridgehead atoms. The van der Waals surface area contributed by atoms with Crippen molar-refractivity contribution in [2.45, 2.75) is 40.7 Å². The number of para-hydroxylation sites is 2. The Morgan fingerprint density at radius 1 is 0.852 bits per heavy atom. The predicted octanol–water partition coefficient (Wildman–Crippen LogP) is 6.32. The second kappa shape index (κ2) is 8.17. The lowest BCUT2D eigenvalue weighted by molar-refractivity contribution is 0.834. The minimum Gasteiger partial charge on any atom is -0.377 e. The molecule has 27 heavy (non-hydrogen) atoms. The first-order valence-corrected chi connectivity index (χ1v) is 9.36. The van der Waals surface area contributed by atoms with Gasteiger partial charge in [0.15, 0.2) is 0 Å². The van der Waals surface area contributed by atoms with Crippen LogP contribution in [0.4, 0.5) is 11.4 Å². The molecule has 0 aliphatic carbocycles. The molecule has 0 aliphatic rings. The summed E-state index contributed by atoms with van der Waals surface area (Å²) >= 11 is 0. The fourth-order valence-electron chi connectivity index (χ4n) is 3.15. The summed E-state index contributed by atoms with van der Waals surface area (Å²) in [6.07, 6.45) is 0. The highest BCUT2D eigenvalue weighted by Crippen LogP contribution is 2.25. The molecule has 1 N–H and O–H groups in total. The van der Waals surface area contributed by atoms with Crippen LogP contribution >= 0.6 is 0 Å². The molecule has 2 aromatic carbocycles. The number of nitrogens with one attached hydrogen (secondary N) is 1. The molecule has 0 amide bonds. The third-order valence-electron chi connectivity index (χ3n) is 4.83. The van der Waals surface area contributed by atoms with E-state index in [-0.39, 0.29) is 6.04 Å². The zero-order valence-corrected chi connectivity index (χ0v) is 16.7. The fourth-order valence-corrected chi connectivity index (χ4v) is 3.15. The molecule has 0 fully saturated rings. The Morgan fingerprint density at radius 3 is 2.19 bits per heavy atom. The standard InChI is InChI=1S/C24H27N3/c1-16-10-6-7-13-21(16)25-19(4)22-14-9-15-23(27-22)20(5)26-24-17(2)11-8-12-18(24)3/h6-15,20,26H,1-5H3. The SMILES string of the molecule is CC(=Nc1ccccc1C)c1cccc(C(C)Nc2c(C)cccc2C)n1. The van der Waals surface area contributed by atoms with E-state index in [0.29, 0.717) is 0 Å². The van der Waals surface area contributed by atoms with E-state index in [0.717, 1.165) is 28.4 Å². The van der Waals surface area contributed by atoms with Crippen LogP contribution in [0.1, 0.15) is 48.0 Å². The Morgan fingerprint density at radius 2 is 1.48 bits per heavy atom. The van der Waals surface area contributed by atoms with Gasteiger partial charge in [-0.1, -0.05) is 42.5 Å². The van der Waals surface area contributed by atoms with E-state index in [1.807, 2.05) is 31.2 Å². The molecule has 3 rings (SSSR count). The lowest BCUT2D eigenvalue weighted by Gasteiger charge is -2.19. The maximum atomic E-state index is 4.86. The van der Waals surface area contributed by atoms with Crippen LogP contribution in [0, 0.1) is 20.8 Å². The molecule has 1 atom stereocenters. The number of nitrogens with zero attached hydrogens (tertiary/aromatic N) is 2. The number of benzene rings is 2. The third kappa shape index (κ3) is 4.43. The van der Waals surface area contributed by atoms with Gasteiger partial charge in [0.1, 0.15) is 0 Å². The molecule has 0 saturated carbocycles. The van der Waals surface area contributed by atoms with Crippen LogP contribution in [0.15, 0.2) is 65.7 Å². The van der Waals surface area contributed by atoms with Crippen LogP contribution in [-0.2, 0) is 0 Å². The van der Waals surface area contributed by atoms with Crippen LogP contribution in [0.25, 0.3) is 0 Å². The number of aliphatic imine (C=N–C) groups is 1. The number of aryl methyl sites for hydroxylation is 3. The molecule has 3 heteroatoms. The van der Waals surface area contributed by atoms with Crippen molar-refractivity contribution in [2.75, 3.05) is 5.32 Å². The van der Waals surface area contributed by atoms with Gasteiger partial charge in [-0.15, -0.1) is 0 Å². The Bertz CT molecular complexity index is 953. The van der Waals surface area contributed by atoms with Gasteiger partial charge in [0.25, 0.3) is 0 Å². The minimum atomic E-state index is 0.107. The normalized spacial score (nSPS) is 12.7. The van der Waals surface area contributed by atoms with Crippen molar-refractivity contribution in [3.63, 3.8) is 0 Å².